The number of fused-ring (bicyclic) bond motifs is 1. The average Bonchev–Trinajstić information content (AvgIpc) is 3.47. The summed E-state index contributed by atoms with van der Waals surface area (Å²) in [4.78, 5) is 17.3. The molecule has 0 atom stereocenters. The molecular formula is C26H18Cl2N2O4. The Bertz CT molecular complexity index is 1540. The number of aromatic nitrogens is 1. The van der Waals surface area contributed by atoms with Gasteiger partial charge in [-0.3, -0.25) is 4.79 Å². The second-order valence-corrected chi connectivity index (χ2v) is 8.49. The first-order valence-electron chi connectivity index (χ1n) is 10.5. The van der Waals surface area contributed by atoms with Crippen molar-refractivity contribution in [2.75, 3.05) is 5.32 Å². The van der Waals surface area contributed by atoms with Crippen LogP contribution in [-0.2, 0) is 6.42 Å². The summed E-state index contributed by atoms with van der Waals surface area (Å²) in [5.41, 5.74) is 3.88. The number of benzene rings is 3. The van der Waals surface area contributed by atoms with Crippen molar-refractivity contribution in [1.29, 1.82) is 0 Å². The lowest BCUT2D eigenvalue weighted by Gasteiger charge is -2.07. The van der Waals surface area contributed by atoms with E-state index < -0.39 is 5.91 Å². The number of phenolic OH excluding ortho intramolecular Hbond substituents is 1. The zero-order valence-electron chi connectivity index (χ0n) is 17.9. The number of hydrogen-bond donors (Lipinski definition) is 2. The minimum Gasteiger partial charge on any atom is -0.507 e. The van der Waals surface area contributed by atoms with Crippen molar-refractivity contribution in [3.8, 4) is 28.5 Å². The van der Waals surface area contributed by atoms with Gasteiger partial charge in [-0.15, -0.1) is 0 Å². The number of oxazole rings is 1. The third kappa shape index (κ3) is 4.25. The zero-order chi connectivity index (χ0) is 23.8. The third-order valence-electron chi connectivity index (χ3n) is 5.37. The normalized spacial score (nSPS) is 11.1. The second kappa shape index (κ2) is 8.89. The Morgan fingerprint density at radius 2 is 1.82 bits per heavy atom. The second-order valence-electron chi connectivity index (χ2n) is 7.65. The van der Waals surface area contributed by atoms with Crippen molar-refractivity contribution >= 4 is 45.9 Å². The highest BCUT2D eigenvalue weighted by Crippen LogP contribution is 2.34. The number of hydrogen-bond acceptors (Lipinski definition) is 5. The molecule has 2 N–H and O–H groups in total. The van der Waals surface area contributed by atoms with Gasteiger partial charge in [0.1, 0.15) is 17.0 Å². The van der Waals surface area contributed by atoms with Crippen molar-refractivity contribution in [3.05, 3.63) is 88.1 Å². The summed E-state index contributed by atoms with van der Waals surface area (Å²) in [7, 11) is 0. The predicted molar refractivity (Wildman–Crippen MR) is 133 cm³/mol. The quantitative estimate of drug-likeness (QED) is 0.246. The van der Waals surface area contributed by atoms with Gasteiger partial charge in [0.15, 0.2) is 11.3 Å². The monoisotopic (exact) mass is 492 g/mol. The molecule has 8 heteroatoms. The molecule has 0 bridgehead atoms. The first-order valence-corrected chi connectivity index (χ1v) is 11.3. The molecule has 2 aromatic heterocycles. The molecule has 34 heavy (non-hydrogen) atoms. The summed E-state index contributed by atoms with van der Waals surface area (Å²) in [5.74, 6) is 0.325. The highest BCUT2D eigenvalue weighted by molar-refractivity contribution is 6.36. The number of nitrogens with zero attached hydrogens (tertiary/aromatic N) is 1. The molecule has 0 saturated heterocycles. The highest BCUT2D eigenvalue weighted by atomic mass is 35.5. The van der Waals surface area contributed by atoms with Crippen molar-refractivity contribution in [3.63, 3.8) is 0 Å². The fourth-order valence-electron chi connectivity index (χ4n) is 3.58. The van der Waals surface area contributed by atoms with Gasteiger partial charge < -0.3 is 19.3 Å². The number of rotatable bonds is 5. The summed E-state index contributed by atoms with van der Waals surface area (Å²) in [6.07, 6.45) is 0.879. The lowest BCUT2D eigenvalue weighted by Crippen LogP contribution is -2.10. The largest absolute Gasteiger partial charge is 0.507 e. The van der Waals surface area contributed by atoms with Gasteiger partial charge in [0.25, 0.3) is 5.91 Å². The molecule has 0 unspecified atom stereocenters. The van der Waals surface area contributed by atoms with Crippen molar-refractivity contribution in [2.45, 2.75) is 13.3 Å². The molecule has 2 heterocycles. The van der Waals surface area contributed by atoms with Crippen LogP contribution in [0.15, 0.2) is 75.6 Å². The van der Waals surface area contributed by atoms with E-state index in [4.69, 9.17) is 32.0 Å². The van der Waals surface area contributed by atoms with Crippen molar-refractivity contribution < 1.29 is 18.7 Å². The maximum Gasteiger partial charge on any atom is 0.291 e. The zero-order valence-corrected chi connectivity index (χ0v) is 19.4. The highest BCUT2D eigenvalue weighted by Gasteiger charge is 2.17. The molecular weight excluding hydrogens is 475 g/mol. The van der Waals surface area contributed by atoms with E-state index in [-0.39, 0.29) is 17.4 Å². The maximum atomic E-state index is 12.8. The molecule has 170 valence electrons. The molecule has 5 rings (SSSR count). The van der Waals surface area contributed by atoms with Gasteiger partial charge >= 0.3 is 0 Å². The Morgan fingerprint density at radius 1 is 0.971 bits per heavy atom. The SMILES string of the molecule is CCc1ccc2oc(-c3cc(NC(=O)c4ccc(-c5ccc(Cl)cc5Cl)o4)ccc3O)nc2c1. The number of anilines is 1. The van der Waals surface area contributed by atoms with Crippen LogP contribution in [0, 0.1) is 0 Å². The molecule has 0 aliphatic heterocycles. The Hall–Kier alpha value is -3.74. The summed E-state index contributed by atoms with van der Waals surface area (Å²) in [6, 6.07) is 18.7. The van der Waals surface area contributed by atoms with Crippen LogP contribution in [0.2, 0.25) is 10.0 Å². The molecule has 0 saturated carbocycles. The molecule has 1 amide bonds. The van der Waals surface area contributed by atoms with Crippen LogP contribution in [-0.4, -0.2) is 16.0 Å². The first-order chi connectivity index (χ1) is 16.4. The number of phenols is 1. The maximum absolute atomic E-state index is 12.8. The van der Waals surface area contributed by atoms with E-state index in [2.05, 4.69) is 17.2 Å². The fourth-order valence-corrected chi connectivity index (χ4v) is 4.08. The smallest absolute Gasteiger partial charge is 0.291 e. The summed E-state index contributed by atoms with van der Waals surface area (Å²) in [6.45, 7) is 2.06. The number of carbonyl (C=O) groups excluding carboxylic acids is 1. The number of furan rings is 1. The number of amides is 1. The Balaban J connectivity index is 1.40. The summed E-state index contributed by atoms with van der Waals surface area (Å²) in [5, 5.41) is 14.1. The van der Waals surface area contributed by atoms with E-state index >= 15 is 0 Å². The van der Waals surface area contributed by atoms with E-state index in [9.17, 15) is 9.90 Å². The number of nitrogens with one attached hydrogen (secondary N) is 1. The standard InChI is InChI=1S/C26H18Cl2N2O4/c1-2-14-3-8-23-20(11-14)30-26(34-23)18-13-16(5-7-21(18)31)29-25(32)24-10-9-22(33-24)17-6-4-15(27)12-19(17)28/h3-13,31H,2H2,1H3,(H,29,32). The minimum absolute atomic E-state index is 0.0158. The molecule has 0 spiro atoms. The van der Waals surface area contributed by atoms with Crippen molar-refractivity contribution in [1.82, 2.24) is 4.98 Å². The Morgan fingerprint density at radius 3 is 2.62 bits per heavy atom. The fraction of sp³-hybridized carbons (Fsp3) is 0.0769. The average molecular weight is 493 g/mol. The minimum atomic E-state index is -0.460. The van der Waals surface area contributed by atoms with Gasteiger partial charge in [0.05, 0.1) is 10.6 Å². The van der Waals surface area contributed by atoms with Gasteiger partial charge in [0, 0.05) is 16.3 Å². The number of aryl methyl sites for hydroxylation is 1. The summed E-state index contributed by atoms with van der Waals surface area (Å²) >= 11 is 12.2. The van der Waals surface area contributed by atoms with Gasteiger partial charge in [-0.05, 0) is 72.6 Å². The molecule has 0 aliphatic carbocycles. The Labute approximate surface area is 204 Å². The third-order valence-corrected chi connectivity index (χ3v) is 5.92. The van der Waals surface area contributed by atoms with Gasteiger partial charge in [-0.1, -0.05) is 36.2 Å². The summed E-state index contributed by atoms with van der Waals surface area (Å²) < 4.78 is 11.5. The van der Waals surface area contributed by atoms with Crippen LogP contribution in [0.5, 0.6) is 5.75 Å². The molecule has 0 radical (unpaired) electrons. The first kappa shape index (κ1) is 22.1. The number of halogens is 2. The van der Waals surface area contributed by atoms with Crippen LogP contribution < -0.4 is 5.32 Å². The van der Waals surface area contributed by atoms with Crippen LogP contribution in [0.4, 0.5) is 5.69 Å². The van der Waals surface area contributed by atoms with E-state index in [0.29, 0.717) is 43.7 Å². The molecule has 3 aromatic carbocycles. The number of aromatic hydroxyl groups is 1. The lowest BCUT2D eigenvalue weighted by atomic mass is 10.1. The van der Waals surface area contributed by atoms with Gasteiger partial charge in [0.2, 0.25) is 5.89 Å². The van der Waals surface area contributed by atoms with Gasteiger partial charge in [-0.25, -0.2) is 4.98 Å². The van der Waals surface area contributed by atoms with Gasteiger partial charge in [-0.2, -0.15) is 0 Å². The Kier molecular flexibility index (Phi) is 5.77. The molecule has 0 fully saturated rings. The molecule has 6 nitrogen and oxygen atoms in total. The van der Waals surface area contributed by atoms with E-state index in [1.54, 1.807) is 42.5 Å². The molecule has 5 aromatic rings. The predicted octanol–water partition coefficient (Wildman–Crippen LogP) is 7.58. The molecule has 0 aliphatic rings. The van der Waals surface area contributed by atoms with E-state index in [1.165, 1.54) is 6.07 Å². The van der Waals surface area contributed by atoms with Crippen molar-refractivity contribution in [2.24, 2.45) is 0 Å². The van der Waals surface area contributed by atoms with Crippen LogP contribution in [0.1, 0.15) is 23.0 Å². The number of carbonyl (C=O) groups is 1. The van der Waals surface area contributed by atoms with E-state index in [0.717, 1.165) is 12.0 Å². The van der Waals surface area contributed by atoms with Crippen LogP contribution in [0.25, 0.3) is 33.9 Å². The van der Waals surface area contributed by atoms with Crippen LogP contribution in [0.3, 0.4) is 0 Å². The van der Waals surface area contributed by atoms with E-state index in [1.807, 2.05) is 18.2 Å². The van der Waals surface area contributed by atoms with Crippen LogP contribution >= 0.6 is 23.2 Å². The lowest BCUT2D eigenvalue weighted by molar-refractivity contribution is 0.0997. The topological polar surface area (TPSA) is 88.5 Å².